The van der Waals surface area contributed by atoms with Crippen molar-refractivity contribution in [3.05, 3.63) is 65.6 Å². The molecule has 2 aromatic rings. The van der Waals surface area contributed by atoms with Gasteiger partial charge in [-0.05, 0) is 12.5 Å². The highest BCUT2D eigenvalue weighted by molar-refractivity contribution is 7.90. The zero-order valence-electron chi connectivity index (χ0n) is 14.6. The summed E-state index contributed by atoms with van der Waals surface area (Å²) < 4.78 is 23.3. The third kappa shape index (κ3) is 3.89. The van der Waals surface area contributed by atoms with Gasteiger partial charge in [0.2, 0.25) is 15.0 Å². The van der Waals surface area contributed by atoms with Crippen LogP contribution >= 0.6 is 0 Å². The molecule has 1 aliphatic rings. The fourth-order valence-corrected chi connectivity index (χ4v) is 3.55. The molecule has 0 radical (unpaired) electrons. The number of nitrogens with zero attached hydrogens (tertiary/aromatic N) is 4. The molecule has 0 aliphatic carbocycles. The standard InChI is InChI=1S/C15H15N5O7S/c1-28(26,27)15-16-12-8-18(5-4-11(12)14(21)17-15)7-9-2-3-10(19(22)23)6-13(9)20(24)25/h2-3,6H,4-5,7-8H2,1H3,(H,16,17,21). The molecule has 1 aromatic heterocycles. The summed E-state index contributed by atoms with van der Waals surface area (Å²) in [6.07, 6.45) is 1.22. The van der Waals surface area contributed by atoms with Gasteiger partial charge in [0.1, 0.15) is 0 Å². The number of non-ortho nitro benzene ring substituents is 1. The van der Waals surface area contributed by atoms with Crippen molar-refractivity contribution in [3.63, 3.8) is 0 Å². The van der Waals surface area contributed by atoms with E-state index in [0.717, 1.165) is 12.3 Å². The van der Waals surface area contributed by atoms with Gasteiger partial charge in [-0.1, -0.05) is 0 Å². The largest absolute Gasteiger partial charge is 0.297 e. The SMILES string of the molecule is CS(=O)(=O)c1nc2c(c(=O)[nH]1)CCN(Cc1ccc([N+](=O)[O-])cc1[N+](=O)[O-])C2. The smallest absolute Gasteiger partial charge is 0.280 e. The molecule has 0 fully saturated rings. The lowest BCUT2D eigenvalue weighted by molar-refractivity contribution is -0.394. The highest BCUT2D eigenvalue weighted by atomic mass is 32.2. The summed E-state index contributed by atoms with van der Waals surface area (Å²) in [5.74, 6) is 0. The van der Waals surface area contributed by atoms with Crippen LogP contribution in [0.25, 0.3) is 0 Å². The van der Waals surface area contributed by atoms with E-state index in [1.165, 1.54) is 12.1 Å². The van der Waals surface area contributed by atoms with Crippen LogP contribution in [0.15, 0.2) is 28.2 Å². The molecule has 0 atom stereocenters. The van der Waals surface area contributed by atoms with Crippen molar-refractivity contribution in [1.29, 1.82) is 0 Å². The molecule has 3 rings (SSSR count). The number of sulfone groups is 1. The second-order valence-corrected chi connectivity index (χ2v) is 8.29. The number of rotatable bonds is 5. The Hall–Kier alpha value is -3.19. The van der Waals surface area contributed by atoms with E-state index < -0.39 is 30.4 Å². The summed E-state index contributed by atoms with van der Waals surface area (Å²) in [5, 5.41) is 21.7. The van der Waals surface area contributed by atoms with E-state index in [1.54, 1.807) is 4.90 Å². The Kier molecular flexibility index (Phi) is 4.95. The second kappa shape index (κ2) is 7.09. The first-order chi connectivity index (χ1) is 13.1. The average Bonchev–Trinajstić information content (AvgIpc) is 2.60. The molecular weight excluding hydrogens is 394 g/mol. The lowest BCUT2D eigenvalue weighted by atomic mass is 10.1. The van der Waals surface area contributed by atoms with Gasteiger partial charge in [-0.2, -0.15) is 0 Å². The normalized spacial score (nSPS) is 14.5. The van der Waals surface area contributed by atoms with Gasteiger partial charge in [-0.3, -0.25) is 34.9 Å². The van der Waals surface area contributed by atoms with Crippen LogP contribution in [0.1, 0.15) is 16.8 Å². The number of nitrogens with one attached hydrogen (secondary N) is 1. The number of fused-ring (bicyclic) bond motifs is 1. The molecule has 1 aromatic carbocycles. The molecule has 0 spiro atoms. The van der Waals surface area contributed by atoms with E-state index in [-0.39, 0.29) is 30.0 Å². The van der Waals surface area contributed by atoms with Crippen LogP contribution in [0.2, 0.25) is 0 Å². The van der Waals surface area contributed by atoms with Gasteiger partial charge in [0, 0.05) is 43.1 Å². The third-order valence-corrected chi connectivity index (χ3v) is 5.25. The first-order valence-electron chi connectivity index (χ1n) is 8.02. The molecule has 2 heterocycles. The number of aromatic amines is 1. The molecule has 0 unspecified atom stereocenters. The van der Waals surface area contributed by atoms with Gasteiger partial charge >= 0.3 is 0 Å². The van der Waals surface area contributed by atoms with Gasteiger partial charge < -0.3 is 0 Å². The maximum absolute atomic E-state index is 12.1. The minimum absolute atomic E-state index is 0.0937. The Bertz CT molecular complexity index is 1140. The van der Waals surface area contributed by atoms with Gasteiger partial charge in [0.25, 0.3) is 16.9 Å². The summed E-state index contributed by atoms with van der Waals surface area (Å²) in [6, 6.07) is 3.40. The van der Waals surface area contributed by atoms with Crippen molar-refractivity contribution >= 4 is 21.2 Å². The topological polar surface area (TPSA) is 169 Å². The number of H-pyrrole nitrogens is 1. The Balaban J connectivity index is 1.91. The predicted octanol–water partition coefficient (Wildman–Crippen LogP) is 0.548. The lowest BCUT2D eigenvalue weighted by Gasteiger charge is -2.27. The van der Waals surface area contributed by atoms with Crippen LogP contribution in [0, 0.1) is 20.2 Å². The van der Waals surface area contributed by atoms with Crippen molar-refractivity contribution in [3.8, 4) is 0 Å². The zero-order chi connectivity index (χ0) is 20.6. The van der Waals surface area contributed by atoms with Crippen molar-refractivity contribution in [1.82, 2.24) is 14.9 Å². The number of nitro benzene ring substituents is 2. The Morgan fingerprint density at radius 2 is 1.96 bits per heavy atom. The van der Waals surface area contributed by atoms with Crippen LogP contribution < -0.4 is 5.56 Å². The summed E-state index contributed by atoms with van der Waals surface area (Å²) in [4.78, 5) is 40.9. The fraction of sp³-hybridized carbons (Fsp3) is 0.333. The van der Waals surface area contributed by atoms with E-state index in [0.29, 0.717) is 24.2 Å². The van der Waals surface area contributed by atoms with Crippen LogP contribution in [0.5, 0.6) is 0 Å². The number of aromatic nitrogens is 2. The fourth-order valence-electron chi connectivity index (χ4n) is 2.99. The highest BCUT2D eigenvalue weighted by Gasteiger charge is 2.26. The van der Waals surface area contributed by atoms with E-state index in [9.17, 15) is 33.4 Å². The lowest BCUT2D eigenvalue weighted by Crippen LogP contribution is -2.35. The first kappa shape index (κ1) is 19.6. The van der Waals surface area contributed by atoms with Gasteiger partial charge in [0.05, 0.1) is 21.6 Å². The molecule has 0 bridgehead atoms. The number of hydrogen-bond donors (Lipinski definition) is 1. The molecule has 0 saturated heterocycles. The molecule has 0 saturated carbocycles. The molecule has 13 heteroatoms. The quantitative estimate of drug-likeness (QED) is 0.421. The Morgan fingerprint density at radius 3 is 2.57 bits per heavy atom. The van der Waals surface area contributed by atoms with Gasteiger partial charge in [-0.15, -0.1) is 0 Å². The van der Waals surface area contributed by atoms with Crippen LogP contribution in [0.3, 0.4) is 0 Å². The number of hydrogen-bond acceptors (Lipinski definition) is 9. The van der Waals surface area contributed by atoms with Crippen LogP contribution in [0.4, 0.5) is 11.4 Å². The molecular formula is C15H15N5O7S. The Morgan fingerprint density at radius 1 is 1.25 bits per heavy atom. The molecule has 148 valence electrons. The number of nitro groups is 2. The minimum Gasteiger partial charge on any atom is -0.297 e. The molecule has 0 amide bonds. The summed E-state index contributed by atoms with van der Waals surface area (Å²) in [5.41, 5.74) is -0.346. The molecule has 1 N–H and O–H groups in total. The predicted molar refractivity (Wildman–Crippen MR) is 95.5 cm³/mol. The summed E-state index contributed by atoms with van der Waals surface area (Å²) >= 11 is 0. The monoisotopic (exact) mass is 409 g/mol. The van der Waals surface area contributed by atoms with Crippen molar-refractivity contribution in [2.75, 3.05) is 12.8 Å². The van der Waals surface area contributed by atoms with E-state index in [2.05, 4.69) is 9.97 Å². The van der Waals surface area contributed by atoms with Crippen molar-refractivity contribution < 1.29 is 18.3 Å². The maximum atomic E-state index is 12.1. The first-order valence-corrected chi connectivity index (χ1v) is 9.91. The maximum Gasteiger partial charge on any atom is 0.280 e. The molecule has 12 nitrogen and oxygen atoms in total. The highest BCUT2D eigenvalue weighted by Crippen LogP contribution is 2.27. The van der Waals surface area contributed by atoms with E-state index in [4.69, 9.17) is 0 Å². The third-order valence-electron chi connectivity index (χ3n) is 4.35. The van der Waals surface area contributed by atoms with E-state index in [1.807, 2.05) is 0 Å². The molecule has 1 aliphatic heterocycles. The van der Waals surface area contributed by atoms with Crippen molar-refractivity contribution in [2.45, 2.75) is 24.7 Å². The Labute approximate surface area is 158 Å². The zero-order valence-corrected chi connectivity index (χ0v) is 15.4. The van der Waals surface area contributed by atoms with E-state index >= 15 is 0 Å². The van der Waals surface area contributed by atoms with Gasteiger partial charge in [0.15, 0.2) is 0 Å². The summed E-state index contributed by atoms with van der Waals surface area (Å²) in [6.45, 7) is 0.608. The summed E-state index contributed by atoms with van der Waals surface area (Å²) in [7, 11) is -3.70. The van der Waals surface area contributed by atoms with Crippen molar-refractivity contribution in [2.24, 2.45) is 0 Å². The minimum atomic E-state index is -3.70. The van der Waals surface area contributed by atoms with Crippen LogP contribution in [-0.4, -0.2) is 45.9 Å². The average molecular weight is 409 g/mol. The van der Waals surface area contributed by atoms with Gasteiger partial charge in [-0.25, -0.2) is 13.4 Å². The number of benzene rings is 1. The van der Waals surface area contributed by atoms with Crippen LogP contribution in [-0.2, 0) is 29.3 Å². The molecule has 28 heavy (non-hydrogen) atoms. The second-order valence-electron chi connectivity index (χ2n) is 6.36.